The van der Waals surface area contributed by atoms with Crippen molar-refractivity contribution in [2.24, 2.45) is 5.41 Å². The van der Waals surface area contributed by atoms with E-state index >= 15 is 0 Å². The molecule has 1 aliphatic heterocycles. The first-order valence-corrected chi connectivity index (χ1v) is 8.64. The van der Waals surface area contributed by atoms with E-state index in [0.29, 0.717) is 17.5 Å². The molecule has 1 spiro atoms. The van der Waals surface area contributed by atoms with Crippen LogP contribution in [0.5, 0.6) is 0 Å². The molecule has 1 aromatic carbocycles. The van der Waals surface area contributed by atoms with Crippen molar-refractivity contribution in [2.75, 3.05) is 13.7 Å². The van der Waals surface area contributed by atoms with Gasteiger partial charge in [0.15, 0.2) is 0 Å². The van der Waals surface area contributed by atoms with E-state index in [2.05, 4.69) is 4.90 Å². The molecule has 23 heavy (non-hydrogen) atoms. The van der Waals surface area contributed by atoms with E-state index in [1.165, 1.54) is 37.5 Å². The number of nitrogens with zero attached hydrogens (tertiary/aromatic N) is 1. The van der Waals surface area contributed by atoms with E-state index in [1.807, 2.05) is 18.2 Å². The van der Waals surface area contributed by atoms with Crippen LogP contribution in [-0.4, -0.2) is 36.5 Å². The zero-order valence-corrected chi connectivity index (χ0v) is 13.6. The monoisotopic (exact) mass is 313 g/mol. The molecule has 1 aromatic rings. The minimum atomic E-state index is -0.291. The summed E-state index contributed by atoms with van der Waals surface area (Å²) in [5, 5.41) is 0. The summed E-state index contributed by atoms with van der Waals surface area (Å²) in [6.45, 7) is 0.930. The summed E-state index contributed by atoms with van der Waals surface area (Å²) in [4.78, 5) is 26.8. The summed E-state index contributed by atoms with van der Waals surface area (Å²) in [7, 11) is 1.41. The highest BCUT2D eigenvalue weighted by atomic mass is 16.5. The number of hydrogen-bond donors (Lipinski definition) is 0. The molecule has 4 nitrogen and oxygen atoms in total. The molecule has 1 amide bonds. The molecular weight excluding hydrogens is 290 g/mol. The Bertz CT molecular complexity index is 665. The van der Waals surface area contributed by atoms with E-state index < -0.39 is 0 Å². The second-order valence-corrected chi connectivity index (χ2v) is 7.27. The first kappa shape index (κ1) is 14.7. The molecule has 0 unspecified atom stereocenters. The fourth-order valence-corrected chi connectivity index (χ4v) is 4.39. The number of benzene rings is 1. The van der Waals surface area contributed by atoms with Crippen molar-refractivity contribution >= 4 is 11.9 Å². The Labute approximate surface area is 136 Å². The molecule has 0 radical (unpaired) electrons. The number of aryl methyl sites for hydroxylation is 1. The van der Waals surface area contributed by atoms with Crippen LogP contribution in [0.15, 0.2) is 18.2 Å². The molecule has 122 valence electrons. The number of esters is 1. The number of amides is 1. The van der Waals surface area contributed by atoms with Crippen LogP contribution in [0.25, 0.3) is 0 Å². The maximum Gasteiger partial charge on any atom is 0.337 e. The van der Waals surface area contributed by atoms with Crippen LogP contribution >= 0.6 is 0 Å². The Hall–Kier alpha value is -1.84. The Balaban J connectivity index is 1.57. The quantitative estimate of drug-likeness (QED) is 0.789. The van der Waals surface area contributed by atoms with E-state index in [9.17, 15) is 9.59 Å². The van der Waals surface area contributed by atoms with Crippen LogP contribution in [0.4, 0.5) is 0 Å². The van der Waals surface area contributed by atoms with Gasteiger partial charge < -0.3 is 9.64 Å². The van der Waals surface area contributed by atoms with Gasteiger partial charge in [0, 0.05) is 12.6 Å². The third-order valence-electron chi connectivity index (χ3n) is 6.09. The topological polar surface area (TPSA) is 46.6 Å². The number of likely N-dealkylation sites (tertiary alicyclic amines) is 1. The molecule has 4 rings (SSSR count). The summed E-state index contributed by atoms with van der Waals surface area (Å²) >= 11 is 0. The van der Waals surface area contributed by atoms with E-state index in [4.69, 9.17) is 4.74 Å². The van der Waals surface area contributed by atoms with Crippen LogP contribution in [0.1, 0.15) is 53.6 Å². The maximum atomic E-state index is 13.0. The largest absolute Gasteiger partial charge is 0.465 e. The SMILES string of the molecule is COC(=O)c1ccc2c(c1)CC[C@]1(CCN(C3CCC3)C1=O)C2. The van der Waals surface area contributed by atoms with E-state index in [-0.39, 0.29) is 11.4 Å². The molecule has 1 atom stereocenters. The zero-order chi connectivity index (χ0) is 16.0. The Kier molecular flexibility index (Phi) is 3.43. The predicted octanol–water partition coefficient (Wildman–Crippen LogP) is 2.73. The number of methoxy groups -OCH3 is 1. The van der Waals surface area contributed by atoms with Gasteiger partial charge in [0.25, 0.3) is 0 Å². The highest BCUT2D eigenvalue weighted by molar-refractivity contribution is 5.90. The van der Waals surface area contributed by atoms with Crippen LogP contribution in [0.3, 0.4) is 0 Å². The van der Waals surface area contributed by atoms with Gasteiger partial charge in [-0.2, -0.15) is 0 Å². The predicted molar refractivity (Wildman–Crippen MR) is 86.2 cm³/mol. The van der Waals surface area contributed by atoms with Crippen molar-refractivity contribution in [1.82, 2.24) is 4.90 Å². The van der Waals surface area contributed by atoms with Crippen molar-refractivity contribution in [3.05, 3.63) is 34.9 Å². The van der Waals surface area contributed by atoms with Gasteiger partial charge >= 0.3 is 5.97 Å². The maximum absolute atomic E-state index is 13.0. The van der Waals surface area contributed by atoms with Gasteiger partial charge in [-0.3, -0.25) is 4.79 Å². The molecule has 1 saturated heterocycles. The molecule has 1 saturated carbocycles. The lowest BCUT2D eigenvalue weighted by atomic mass is 9.70. The minimum Gasteiger partial charge on any atom is -0.465 e. The van der Waals surface area contributed by atoms with Gasteiger partial charge in [-0.1, -0.05) is 6.07 Å². The summed E-state index contributed by atoms with van der Waals surface area (Å²) in [6.07, 6.45) is 7.23. The molecule has 0 N–H and O–H groups in total. The summed E-state index contributed by atoms with van der Waals surface area (Å²) < 4.78 is 4.80. The smallest absolute Gasteiger partial charge is 0.337 e. The van der Waals surface area contributed by atoms with Crippen molar-refractivity contribution < 1.29 is 14.3 Å². The van der Waals surface area contributed by atoms with Gasteiger partial charge in [0.05, 0.1) is 18.1 Å². The second-order valence-electron chi connectivity index (χ2n) is 7.27. The van der Waals surface area contributed by atoms with E-state index in [1.54, 1.807) is 0 Å². The number of hydrogen-bond acceptors (Lipinski definition) is 3. The van der Waals surface area contributed by atoms with Crippen molar-refractivity contribution in [3.63, 3.8) is 0 Å². The van der Waals surface area contributed by atoms with Gasteiger partial charge in [-0.05, 0) is 68.2 Å². The molecule has 2 fully saturated rings. The molecule has 4 heteroatoms. The normalized spacial score (nSPS) is 27.0. The lowest BCUT2D eigenvalue weighted by molar-refractivity contribution is -0.139. The zero-order valence-electron chi connectivity index (χ0n) is 13.6. The van der Waals surface area contributed by atoms with Crippen LogP contribution in [0.2, 0.25) is 0 Å². The lowest BCUT2D eigenvalue weighted by Gasteiger charge is -2.38. The summed E-state index contributed by atoms with van der Waals surface area (Å²) in [5.41, 5.74) is 2.85. The number of carbonyl (C=O) groups is 2. The standard InChI is InChI=1S/C19H23NO3/c1-23-17(21)14-5-6-15-12-19(8-7-13(15)11-14)9-10-20(18(19)22)16-3-2-4-16/h5-6,11,16H,2-4,7-10,12H2,1H3/t19-/m0/s1. The second kappa shape index (κ2) is 5.36. The summed E-state index contributed by atoms with van der Waals surface area (Å²) in [6, 6.07) is 6.29. The van der Waals surface area contributed by atoms with Gasteiger partial charge in [-0.15, -0.1) is 0 Å². The van der Waals surface area contributed by atoms with Gasteiger partial charge in [-0.25, -0.2) is 4.79 Å². The number of fused-ring (bicyclic) bond motifs is 1. The fraction of sp³-hybridized carbons (Fsp3) is 0.579. The average Bonchev–Trinajstić information content (AvgIpc) is 2.82. The molecular formula is C19H23NO3. The third kappa shape index (κ3) is 2.27. The molecule has 3 aliphatic rings. The fourth-order valence-electron chi connectivity index (χ4n) is 4.39. The number of ether oxygens (including phenoxy) is 1. The summed E-state index contributed by atoms with van der Waals surface area (Å²) in [5.74, 6) is 0.0890. The highest BCUT2D eigenvalue weighted by Gasteiger charge is 2.50. The van der Waals surface area contributed by atoms with Crippen molar-refractivity contribution in [3.8, 4) is 0 Å². The first-order valence-electron chi connectivity index (χ1n) is 8.64. The van der Waals surface area contributed by atoms with Crippen LogP contribution < -0.4 is 0 Å². The van der Waals surface area contributed by atoms with Crippen molar-refractivity contribution in [1.29, 1.82) is 0 Å². The first-order chi connectivity index (χ1) is 11.1. The van der Waals surface area contributed by atoms with Crippen molar-refractivity contribution in [2.45, 2.75) is 51.0 Å². The molecule has 0 bridgehead atoms. The molecule has 0 aromatic heterocycles. The Morgan fingerprint density at radius 1 is 1.26 bits per heavy atom. The van der Waals surface area contributed by atoms with Crippen LogP contribution in [0, 0.1) is 5.41 Å². The van der Waals surface area contributed by atoms with Gasteiger partial charge in [0.1, 0.15) is 0 Å². The minimum absolute atomic E-state index is 0.185. The van der Waals surface area contributed by atoms with E-state index in [0.717, 1.165) is 32.2 Å². The molecule has 1 heterocycles. The third-order valence-corrected chi connectivity index (χ3v) is 6.09. The average molecular weight is 313 g/mol. The molecule has 2 aliphatic carbocycles. The van der Waals surface area contributed by atoms with Gasteiger partial charge in [0.2, 0.25) is 5.91 Å². The Morgan fingerprint density at radius 3 is 2.78 bits per heavy atom. The number of carbonyl (C=O) groups excluding carboxylic acids is 2. The Morgan fingerprint density at radius 2 is 2.09 bits per heavy atom. The number of rotatable bonds is 2. The highest BCUT2D eigenvalue weighted by Crippen LogP contribution is 2.46. The lowest BCUT2D eigenvalue weighted by Crippen LogP contribution is -2.45. The van der Waals surface area contributed by atoms with Crippen LogP contribution in [-0.2, 0) is 22.4 Å².